The zero-order valence-corrected chi connectivity index (χ0v) is 15.0. The number of benzene rings is 1. The van der Waals surface area contributed by atoms with Gasteiger partial charge in [0.1, 0.15) is 12.3 Å². The molecule has 1 N–H and O–H groups in total. The molecule has 3 heterocycles. The first-order valence-electron chi connectivity index (χ1n) is 9.21. The number of rotatable bonds is 6. The number of nitrogens with zero attached hydrogens (tertiary/aromatic N) is 3. The van der Waals surface area contributed by atoms with E-state index in [0.717, 1.165) is 31.7 Å². The smallest absolute Gasteiger partial charge is 0.261 e. The minimum Gasteiger partial charge on any atom is -0.468 e. The fourth-order valence-corrected chi connectivity index (χ4v) is 3.58. The van der Waals surface area contributed by atoms with Crippen molar-refractivity contribution >= 4 is 16.8 Å². The number of amides is 1. The number of para-hydroxylation sites is 1. The molecule has 140 valence electrons. The van der Waals surface area contributed by atoms with E-state index in [1.807, 2.05) is 18.2 Å². The lowest BCUT2D eigenvalue weighted by molar-refractivity contribution is -0.122. The molecule has 0 bridgehead atoms. The Morgan fingerprint density at radius 3 is 2.78 bits per heavy atom. The fourth-order valence-electron chi connectivity index (χ4n) is 3.58. The topological polar surface area (TPSA) is 80.4 Å². The van der Waals surface area contributed by atoms with Crippen LogP contribution in [0.1, 0.15) is 24.6 Å². The van der Waals surface area contributed by atoms with Crippen molar-refractivity contribution in [2.75, 3.05) is 19.6 Å². The quantitative estimate of drug-likeness (QED) is 0.721. The van der Waals surface area contributed by atoms with E-state index >= 15 is 0 Å². The Morgan fingerprint density at radius 1 is 1.19 bits per heavy atom. The summed E-state index contributed by atoms with van der Waals surface area (Å²) in [6, 6.07) is 10.9. The summed E-state index contributed by atoms with van der Waals surface area (Å²) < 4.78 is 6.91. The molecular formula is C20H22N4O3. The van der Waals surface area contributed by atoms with Crippen LogP contribution >= 0.6 is 0 Å². The summed E-state index contributed by atoms with van der Waals surface area (Å²) in [5, 5.41) is 3.46. The Bertz CT molecular complexity index is 974. The summed E-state index contributed by atoms with van der Waals surface area (Å²) in [4.78, 5) is 31.5. The molecule has 27 heavy (non-hydrogen) atoms. The van der Waals surface area contributed by atoms with Crippen molar-refractivity contribution in [3.05, 3.63) is 65.1 Å². The summed E-state index contributed by atoms with van der Waals surface area (Å²) >= 11 is 0. The van der Waals surface area contributed by atoms with Gasteiger partial charge in [-0.25, -0.2) is 4.98 Å². The summed E-state index contributed by atoms with van der Waals surface area (Å²) in [5.41, 5.74) is 0.420. The van der Waals surface area contributed by atoms with E-state index in [2.05, 4.69) is 15.2 Å². The van der Waals surface area contributed by atoms with Gasteiger partial charge in [0.05, 0.1) is 29.5 Å². The Hall–Kier alpha value is -2.93. The molecule has 1 fully saturated rings. The van der Waals surface area contributed by atoms with Crippen molar-refractivity contribution in [1.29, 1.82) is 0 Å². The molecule has 1 unspecified atom stereocenters. The monoisotopic (exact) mass is 366 g/mol. The van der Waals surface area contributed by atoms with Gasteiger partial charge in [0, 0.05) is 6.54 Å². The van der Waals surface area contributed by atoms with Crippen molar-refractivity contribution < 1.29 is 9.21 Å². The Kier molecular flexibility index (Phi) is 5.02. The minimum atomic E-state index is -0.218. The molecule has 2 aromatic heterocycles. The SMILES string of the molecule is O=C(Cn1cnc2ccccc2c1=O)NCC(c1ccco1)N1CCCC1. The van der Waals surface area contributed by atoms with Gasteiger partial charge in [-0.1, -0.05) is 12.1 Å². The predicted molar refractivity (Wildman–Crippen MR) is 101 cm³/mol. The van der Waals surface area contributed by atoms with Gasteiger partial charge >= 0.3 is 0 Å². The van der Waals surface area contributed by atoms with Crippen LogP contribution in [0.4, 0.5) is 0 Å². The van der Waals surface area contributed by atoms with Crippen LogP contribution in [0.5, 0.6) is 0 Å². The summed E-state index contributed by atoms with van der Waals surface area (Å²) in [7, 11) is 0. The number of nitrogens with one attached hydrogen (secondary N) is 1. The molecular weight excluding hydrogens is 344 g/mol. The lowest BCUT2D eigenvalue weighted by Gasteiger charge is -2.26. The van der Waals surface area contributed by atoms with Gasteiger partial charge in [-0.3, -0.25) is 19.1 Å². The van der Waals surface area contributed by atoms with E-state index in [-0.39, 0.29) is 24.1 Å². The average molecular weight is 366 g/mol. The van der Waals surface area contributed by atoms with Gasteiger partial charge in [-0.05, 0) is 50.2 Å². The maximum atomic E-state index is 12.5. The lowest BCUT2D eigenvalue weighted by atomic mass is 10.2. The Labute approximate surface area is 156 Å². The molecule has 0 aliphatic carbocycles. The van der Waals surface area contributed by atoms with Crippen molar-refractivity contribution in [2.24, 2.45) is 0 Å². The second-order valence-corrected chi connectivity index (χ2v) is 6.77. The molecule has 3 aromatic rings. The first kappa shape index (κ1) is 17.5. The summed E-state index contributed by atoms with van der Waals surface area (Å²) in [6.07, 6.45) is 5.39. The van der Waals surface area contributed by atoms with E-state index in [9.17, 15) is 9.59 Å². The van der Waals surface area contributed by atoms with Gasteiger partial charge < -0.3 is 9.73 Å². The van der Waals surface area contributed by atoms with E-state index in [1.165, 1.54) is 10.9 Å². The molecule has 0 saturated carbocycles. The maximum Gasteiger partial charge on any atom is 0.261 e. The van der Waals surface area contributed by atoms with Crippen molar-refractivity contribution in [2.45, 2.75) is 25.4 Å². The highest BCUT2D eigenvalue weighted by Crippen LogP contribution is 2.24. The number of hydrogen-bond acceptors (Lipinski definition) is 5. The molecule has 1 aliphatic rings. The standard InChI is InChI=1S/C20H22N4O3/c25-19(13-24-14-22-16-7-2-1-6-15(16)20(24)26)21-12-17(18-8-5-11-27-18)23-9-3-4-10-23/h1-2,5-8,11,14,17H,3-4,9-10,12-13H2,(H,21,25). The van der Waals surface area contributed by atoms with Crippen molar-refractivity contribution in [3.8, 4) is 0 Å². The molecule has 7 nitrogen and oxygen atoms in total. The van der Waals surface area contributed by atoms with Gasteiger partial charge in [0.25, 0.3) is 5.56 Å². The van der Waals surface area contributed by atoms with Crippen molar-refractivity contribution in [3.63, 3.8) is 0 Å². The van der Waals surface area contributed by atoms with Crippen LogP contribution < -0.4 is 10.9 Å². The van der Waals surface area contributed by atoms with Gasteiger partial charge in [0.15, 0.2) is 0 Å². The number of furan rings is 1. The Morgan fingerprint density at radius 2 is 2.00 bits per heavy atom. The second kappa shape index (κ2) is 7.75. The van der Waals surface area contributed by atoms with Crippen molar-refractivity contribution in [1.82, 2.24) is 19.8 Å². The number of fused-ring (bicyclic) bond motifs is 1. The second-order valence-electron chi connectivity index (χ2n) is 6.77. The highest BCUT2D eigenvalue weighted by molar-refractivity contribution is 5.78. The molecule has 1 amide bonds. The van der Waals surface area contributed by atoms with Crippen LogP contribution in [0.15, 0.2) is 58.2 Å². The van der Waals surface area contributed by atoms with Crippen LogP contribution in [0.2, 0.25) is 0 Å². The third-order valence-corrected chi connectivity index (χ3v) is 4.99. The molecule has 0 radical (unpaired) electrons. The highest BCUT2D eigenvalue weighted by atomic mass is 16.3. The first-order valence-corrected chi connectivity index (χ1v) is 9.21. The minimum absolute atomic E-state index is 0.0119. The van der Waals surface area contributed by atoms with E-state index < -0.39 is 0 Å². The Balaban J connectivity index is 1.44. The van der Waals surface area contributed by atoms with E-state index in [4.69, 9.17) is 4.42 Å². The lowest BCUT2D eigenvalue weighted by Crippen LogP contribution is -2.39. The van der Waals surface area contributed by atoms with Gasteiger partial charge in [-0.15, -0.1) is 0 Å². The normalized spacial score (nSPS) is 15.9. The van der Waals surface area contributed by atoms with Crippen LogP contribution in [-0.2, 0) is 11.3 Å². The highest BCUT2D eigenvalue weighted by Gasteiger charge is 2.26. The molecule has 4 rings (SSSR count). The van der Waals surface area contributed by atoms with Crippen LogP contribution in [-0.4, -0.2) is 40.0 Å². The van der Waals surface area contributed by atoms with Gasteiger partial charge in [-0.2, -0.15) is 0 Å². The summed E-state index contributed by atoms with van der Waals surface area (Å²) in [5.74, 6) is 0.631. The predicted octanol–water partition coefficient (Wildman–Crippen LogP) is 1.94. The number of aromatic nitrogens is 2. The fraction of sp³-hybridized carbons (Fsp3) is 0.350. The first-order chi connectivity index (χ1) is 13.2. The zero-order chi connectivity index (χ0) is 18.6. The average Bonchev–Trinajstić information content (AvgIpc) is 3.39. The maximum absolute atomic E-state index is 12.5. The number of carbonyl (C=O) groups excluding carboxylic acids is 1. The number of likely N-dealkylation sites (tertiary alicyclic amines) is 1. The molecule has 1 aliphatic heterocycles. The largest absolute Gasteiger partial charge is 0.468 e. The molecule has 1 saturated heterocycles. The number of carbonyl (C=O) groups is 1. The molecule has 7 heteroatoms. The van der Waals surface area contributed by atoms with Crippen LogP contribution in [0.25, 0.3) is 10.9 Å². The molecule has 1 atom stereocenters. The third kappa shape index (κ3) is 3.78. The third-order valence-electron chi connectivity index (χ3n) is 4.99. The van der Waals surface area contributed by atoms with E-state index in [1.54, 1.807) is 24.5 Å². The molecule has 0 spiro atoms. The van der Waals surface area contributed by atoms with Gasteiger partial charge in [0.2, 0.25) is 5.91 Å². The zero-order valence-electron chi connectivity index (χ0n) is 15.0. The number of hydrogen-bond donors (Lipinski definition) is 1. The summed E-state index contributed by atoms with van der Waals surface area (Å²) in [6.45, 7) is 2.38. The van der Waals surface area contributed by atoms with E-state index in [0.29, 0.717) is 17.4 Å². The van der Waals surface area contributed by atoms with Crippen LogP contribution in [0.3, 0.4) is 0 Å². The van der Waals surface area contributed by atoms with Crippen LogP contribution in [0, 0.1) is 0 Å². The molecule has 1 aromatic carbocycles.